The predicted octanol–water partition coefficient (Wildman–Crippen LogP) is 2.43. The molecule has 18 heavy (non-hydrogen) atoms. The zero-order valence-corrected chi connectivity index (χ0v) is 8.72. The summed E-state index contributed by atoms with van der Waals surface area (Å²) in [6, 6.07) is 3.21. The van der Waals surface area contributed by atoms with Crippen molar-refractivity contribution in [2.75, 3.05) is 0 Å². The van der Waals surface area contributed by atoms with Crippen LogP contribution in [-0.4, -0.2) is 19.5 Å². The summed E-state index contributed by atoms with van der Waals surface area (Å²) in [5.41, 5.74) is -1.31. The van der Waals surface area contributed by atoms with Gasteiger partial charge in [-0.25, -0.2) is 15.0 Å². The zero-order valence-electron chi connectivity index (χ0n) is 8.72. The number of alkyl halides is 3. The summed E-state index contributed by atoms with van der Waals surface area (Å²) < 4.78 is 44.5. The van der Waals surface area contributed by atoms with Crippen LogP contribution in [0, 0.1) is 0 Å². The van der Waals surface area contributed by atoms with Crippen LogP contribution in [0.15, 0.2) is 35.5 Å². The first-order valence-electron chi connectivity index (χ1n) is 4.86. The summed E-state index contributed by atoms with van der Waals surface area (Å²) in [7, 11) is 0. The minimum Gasteiger partial charge on any atom is -0.448 e. The summed E-state index contributed by atoms with van der Waals surface area (Å²) >= 11 is 0. The standard InChI is InChI=1S/C10H5F3N4O/c11-10(12,13)8-7-9(15-4-14-8)17(5-16-7)6-2-1-3-18-6/h1-5H. The second kappa shape index (κ2) is 3.56. The highest BCUT2D eigenvalue weighted by Gasteiger charge is 2.36. The lowest BCUT2D eigenvalue weighted by Gasteiger charge is -2.05. The molecule has 0 bridgehead atoms. The SMILES string of the molecule is FC(F)(F)c1ncnc2c1ncn2-c1ccco1. The molecule has 0 N–H and O–H groups in total. The van der Waals surface area contributed by atoms with Crippen LogP contribution in [0.5, 0.6) is 0 Å². The number of furan rings is 1. The van der Waals surface area contributed by atoms with Crippen LogP contribution in [0.2, 0.25) is 0 Å². The minimum absolute atomic E-state index is 0.0484. The lowest BCUT2D eigenvalue weighted by molar-refractivity contribution is -0.140. The molecular weight excluding hydrogens is 249 g/mol. The highest BCUT2D eigenvalue weighted by molar-refractivity contribution is 5.75. The third kappa shape index (κ3) is 1.53. The van der Waals surface area contributed by atoms with Gasteiger partial charge in [0.1, 0.15) is 18.2 Å². The maximum atomic E-state index is 12.7. The summed E-state index contributed by atoms with van der Waals surface area (Å²) in [5.74, 6) is 0.337. The molecule has 0 fully saturated rings. The van der Waals surface area contributed by atoms with Gasteiger partial charge in [0.15, 0.2) is 11.3 Å². The van der Waals surface area contributed by atoms with Gasteiger partial charge in [-0.1, -0.05) is 0 Å². The van der Waals surface area contributed by atoms with Crippen LogP contribution >= 0.6 is 0 Å². The lowest BCUT2D eigenvalue weighted by Crippen LogP contribution is -2.09. The second-order valence-electron chi connectivity index (χ2n) is 3.46. The fraction of sp³-hybridized carbons (Fsp3) is 0.100. The molecule has 0 spiro atoms. The van der Waals surface area contributed by atoms with Gasteiger partial charge in [0.25, 0.3) is 0 Å². The van der Waals surface area contributed by atoms with Crippen molar-refractivity contribution in [3.63, 3.8) is 0 Å². The Morgan fingerprint density at radius 2 is 2.00 bits per heavy atom. The number of nitrogens with zero attached hydrogens (tertiary/aromatic N) is 4. The first-order valence-corrected chi connectivity index (χ1v) is 4.86. The van der Waals surface area contributed by atoms with Crippen LogP contribution in [-0.2, 0) is 6.18 Å². The number of rotatable bonds is 1. The van der Waals surface area contributed by atoms with Gasteiger partial charge >= 0.3 is 6.18 Å². The third-order valence-corrected chi connectivity index (χ3v) is 2.35. The van der Waals surface area contributed by atoms with Crippen molar-refractivity contribution >= 4 is 11.2 Å². The van der Waals surface area contributed by atoms with Gasteiger partial charge in [-0.05, 0) is 6.07 Å². The summed E-state index contributed by atoms with van der Waals surface area (Å²) in [6.45, 7) is 0. The molecule has 3 heterocycles. The molecule has 0 amide bonds. The normalized spacial score (nSPS) is 12.2. The maximum Gasteiger partial charge on any atom is 0.435 e. The van der Waals surface area contributed by atoms with E-state index in [-0.39, 0.29) is 11.2 Å². The molecule has 0 aliphatic rings. The molecule has 0 aliphatic heterocycles. The van der Waals surface area contributed by atoms with Crippen molar-refractivity contribution in [2.45, 2.75) is 6.18 Å². The lowest BCUT2D eigenvalue weighted by atomic mass is 10.3. The van der Waals surface area contributed by atoms with Gasteiger partial charge in [0, 0.05) is 6.07 Å². The van der Waals surface area contributed by atoms with Crippen LogP contribution < -0.4 is 0 Å². The van der Waals surface area contributed by atoms with Gasteiger partial charge in [-0.15, -0.1) is 0 Å². The van der Waals surface area contributed by atoms with Crippen LogP contribution in [0.25, 0.3) is 17.0 Å². The Morgan fingerprint density at radius 3 is 2.67 bits per heavy atom. The van der Waals surface area contributed by atoms with Gasteiger partial charge in [-0.2, -0.15) is 13.2 Å². The van der Waals surface area contributed by atoms with E-state index in [1.54, 1.807) is 12.1 Å². The average Bonchev–Trinajstić information content (AvgIpc) is 2.95. The molecule has 0 radical (unpaired) electrons. The molecular formula is C10H5F3N4O. The Morgan fingerprint density at radius 1 is 1.17 bits per heavy atom. The fourth-order valence-electron chi connectivity index (χ4n) is 1.61. The average molecular weight is 254 g/mol. The first kappa shape index (κ1) is 10.8. The van der Waals surface area contributed by atoms with E-state index in [2.05, 4.69) is 15.0 Å². The molecule has 0 saturated heterocycles. The molecule has 3 aromatic rings. The monoisotopic (exact) mass is 254 g/mol. The predicted molar refractivity (Wildman–Crippen MR) is 53.9 cm³/mol. The Bertz CT molecular complexity index is 687. The Hall–Kier alpha value is -2.38. The van der Waals surface area contributed by atoms with Crippen molar-refractivity contribution in [1.29, 1.82) is 0 Å². The smallest absolute Gasteiger partial charge is 0.435 e. The van der Waals surface area contributed by atoms with E-state index in [4.69, 9.17) is 4.42 Å². The van der Waals surface area contributed by atoms with Gasteiger partial charge < -0.3 is 4.42 Å². The van der Waals surface area contributed by atoms with E-state index < -0.39 is 11.9 Å². The van der Waals surface area contributed by atoms with Crippen molar-refractivity contribution in [3.05, 3.63) is 36.7 Å². The summed E-state index contributed by atoms with van der Waals surface area (Å²) in [5, 5.41) is 0. The summed E-state index contributed by atoms with van der Waals surface area (Å²) in [6.07, 6.45) is -1.09. The zero-order chi connectivity index (χ0) is 12.8. The second-order valence-corrected chi connectivity index (χ2v) is 3.46. The molecule has 3 rings (SSSR count). The maximum absolute atomic E-state index is 12.7. The van der Waals surface area contributed by atoms with E-state index in [9.17, 15) is 13.2 Å². The molecule has 0 aliphatic carbocycles. The number of fused-ring (bicyclic) bond motifs is 1. The van der Waals surface area contributed by atoms with E-state index in [1.165, 1.54) is 17.2 Å². The van der Waals surface area contributed by atoms with Gasteiger partial charge in [0.2, 0.25) is 5.88 Å². The number of hydrogen-bond donors (Lipinski definition) is 0. The molecule has 5 nitrogen and oxygen atoms in total. The molecule has 0 atom stereocenters. The Balaban J connectivity index is 2.28. The molecule has 3 aromatic heterocycles. The Kier molecular flexibility index (Phi) is 2.12. The molecule has 0 aromatic carbocycles. The van der Waals surface area contributed by atoms with E-state index in [0.29, 0.717) is 5.88 Å². The van der Waals surface area contributed by atoms with Crippen molar-refractivity contribution < 1.29 is 17.6 Å². The van der Waals surface area contributed by atoms with E-state index >= 15 is 0 Å². The number of imidazole rings is 1. The highest BCUT2D eigenvalue weighted by Crippen LogP contribution is 2.32. The van der Waals surface area contributed by atoms with E-state index in [1.807, 2.05) is 0 Å². The largest absolute Gasteiger partial charge is 0.448 e. The van der Waals surface area contributed by atoms with Crippen molar-refractivity contribution in [2.24, 2.45) is 0 Å². The van der Waals surface area contributed by atoms with Crippen LogP contribution in [0.1, 0.15) is 5.69 Å². The van der Waals surface area contributed by atoms with Gasteiger partial charge in [0.05, 0.1) is 6.26 Å². The molecule has 0 unspecified atom stereocenters. The fourth-order valence-corrected chi connectivity index (χ4v) is 1.61. The van der Waals surface area contributed by atoms with E-state index in [0.717, 1.165) is 6.33 Å². The topological polar surface area (TPSA) is 56.7 Å². The molecule has 0 saturated carbocycles. The minimum atomic E-state index is -4.57. The number of aromatic nitrogens is 4. The number of halogens is 3. The highest BCUT2D eigenvalue weighted by atomic mass is 19.4. The van der Waals surface area contributed by atoms with Crippen molar-refractivity contribution in [3.8, 4) is 5.88 Å². The third-order valence-electron chi connectivity index (χ3n) is 2.35. The molecule has 92 valence electrons. The quantitative estimate of drug-likeness (QED) is 0.669. The van der Waals surface area contributed by atoms with Crippen LogP contribution in [0.3, 0.4) is 0 Å². The first-order chi connectivity index (χ1) is 8.57. The van der Waals surface area contributed by atoms with Crippen molar-refractivity contribution in [1.82, 2.24) is 19.5 Å². The number of hydrogen-bond acceptors (Lipinski definition) is 4. The molecule has 8 heteroatoms. The summed E-state index contributed by atoms with van der Waals surface area (Å²) in [4.78, 5) is 10.7. The van der Waals surface area contributed by atoms with Crippen LogP contribution in [0.4, 0.5) is 13.2 Å². The Labute approximate surface area is 97.9 Å². The van der Waals surface area contributed by atoms with Gasteiger partial charge in [-0.3, -0.25) is 4.57 Å².